The number of nitrogens with zero attached hydrogens (tertiary/aromatic N) is 1. The van der Waals surface area contributed by atoms with Crippen LogP contribution in [0.3, 0.4) is 0 Å². The Hall–Kier alpha value is -0.740. The number of hydrogen-bond donors (Lipinski definition) is 0. The summed E-state index contributed by atoms with van der Waals surface area (Å²) in [5.41, 5.74) is -0.0264. The highest BCUT2D eigenvalue weighted by Crippen LogP contribution is 2.27. The second-order valence-electron chi connectivity index (χ2n) is 3.25. The molecule has 0 bridgehead atoms. The first-order valence-electron chi connectivity index (χ1n) is 3.41. The molecular formula is C9H12ClN. The van der Waals surface area contributed by atoms with E-state index in [-0.39, 0.29) is 5.41 Å². The molecule has 0 amide bonds. The summed E-state index contributed by atoms with van der Waals surface area (Å²) in [6, 6.07) is 1.89. The molecule has 0 saturated heterocycles. The summed E-state index contributed by atoms with van der Waals surface area (Å²) in [5, 5.41) is 8.93. The summed E-state index contributed by atoms with van der Waals surface area (Å²) >= 11 is 5.89. The van der Waals surface area contributed by atoms with Gasteiger partial charge in [0.2, 0.25) is 0 Å². The molecule has 0 aromatic carbocycles. The predicted octanol–water partition coefficient (Wildman–Crippen LogP) is 3.23. The lowest BCUT2D eigenvalue weighted by molar-refractivity contribution is 0.531. The summed E-state index contributed by atoms with van der Waals surface area (Å²) in [6.45, 7) is 6.06. The van der Waals surface area contributed by atoms with E-state index >= 15 is 0 Å². The van der Waals surface area contributed by atoms with Gasteiger partial charge in [-0.05, 0) is 11.5 Å². The second kappa shape index (κ2) is 4.20. The molecule has 0 spiro atoms. The van der Waals surface area contributed by atoms with Crippen molar-refractivity contribution < 1.29 is 0 Å². The highest BCUT2D eigenvalue weighted by Gasteiger charge is 2.13. The molecule has 0 fully saturated rings. The van der Waals surface area contributed by atoms with Crippen LogP contribution >= 0.6 is 11.6 Å². The number of allylic oxidation sites excluding steroid dienone is 4. The van der Waals surface area contributed by atoms with E-state index < -0.39 is 0 Å². The third-order valence-corrected chi connectivity index (χ3v) is 1.82. The van der Waals surface area contributed by atoms with Crippen molar-refractivity contribution in [3.05, 3.63) is 23.3 Å². The number of rotatable bonds is 1. The molecule has 0 rings (SSSR count). The van der Waals surface area contributed by atoms with Crippen LogP contribution < -0.4 is 0 Å². The van der Waals surface area contributed by atoms with Crippen LogP contribution in [0.1, 0.15) is 20.8 Å². The normalized spacial score (nSPS) is 13.5. The summed E-state index contributed by atoms with van der Waals surface area (Å²) in [5.74, 6) is 0. The minimum absolute atomic E-state index is 0.0264. The number of halogens is 1. The minimum Gasteiger partial charge on any atom is -0.193 e. The molecule has 11 heavy (non-hydrogen) atoms. The Kier molecular flexibility index (Phi) is 3.92. The average Bonchev–Trinajstić information content (AvgIpc) is 1.86. The third-order valence-electron chi connectivity index (χ3n) is 1.13. The molecule has 2 heteroatoms. The molecule has 1 nitrogen and oxygen atoms in total. The van der Waals surface area contributed by atoms with Crippen LogP contribution in [-0.4, -0.2) is 0 Å². The molecule has 0 unspecified atom stereocenters. The van der Waals surface area contributed by atoms with Crippen molar-refractivity contribution in [1.29, 1.82) is 5.26 Å². The Morgan fingerprint density at radius 2 is 2.00 bits per heavy atom. The fourth-order valence-corrected chi connectivity index (χ4v) is 0.498. The fourth-order valence-electron chi connectivity index (χ4n) is 0.426. The first-order valence-corrected chi connectivity index (χ1v) is 3.78. The molecule has 60 valence electrons. The highest BCUT2D eigenvalue weighted by atomic mass is 35.5. The molecule has 0 saturated carbocycles. The van der Waals surface area contributed by atoms with E-state index in [4.69, 9.17) is 16.9 Å². The van der Waals surface area contributed by atoms with Crippen molar-refractivity contribution in [2.75, 3.05) is 0 Å². The Morgan fingerprint density at radius 3 is 2.36 bits per heavy atom. The first-order chi connectivity index (χ1) is 4.98. The molecule has 0 aromatic heterocycles. The van der Waals surface area contributed by atoms with Crippen LogP contribution in [0.5, 0.6) is 0 Å². The lowest BCUT2D eigenvalue weighted by Crippen LogP contribution is -2.03. The van der Waals surface area contributed by atoms with Gasteiger partial charge in [0, 0.05) is 11.1 Å². The van der Waals surface area contributed by atoms with Crippen LogP contribution in [0.2, 0.25) is 0 Å². The van der Waals surface area contributed by atoms with E-state index in [1.807, 2.05) is 26.8 Å². The van der Waals surface area contributed by atoms with E-state index in [1.165, 1.54) is 6.08 Å². The van der Waals surface area contributed by atoms with Gasteiger partial charge in [0.15, 0.2) is 0 Å². The topological polar surface area (TPSA) is 23.8 Å². The summed E-state index contributed by atoms with van der Waals surface area (Å²) in [6.07, 6.45) is 4.78. The molecule has 0 N–H and O–H groups in total. The Bertz CT molecular complexity index is 213. The molecule has 0 aliphatic heterocycles. The minimum atomic E-state index is -0.0264. The molecule has 0 aliphatic carbocycles. The first kappa shape index (κ1) is 10.3. The Balaban J connectivity index is 4.26. The van der Waals surface area contributed by atoms with Gasteiger partial charge in [0.1, 0.15) is 0 Å². The van der Waals surface area contributed by atoms with Crippen LogP contribution in [-0.2, 0) is 0 Å². The van der Waals surface area contributed by atoms with Gasteiger partial charge < -0.3 is 0 Å². The average molecular weight is 170 g/mol. The maximum Gasteiger partial charge on any atom is 0.0912 e. The van der Waals surface area contributed by atoms with Gasteiger partial charge in [-0.2, -0.15) is 5.26 Å². The van der Waals surface area contributed by atoms with Crippen LogP contribution in [0.15, 0.2) is 23.3 Å². The van der Waals surface area contributed by atoms with Gasteiger partial charge in [0.25, 0.3) is 0 Å². The SMILES string of the molecule is CC(C)(C)/C(Cl)=C/C=C/C#N. The van der Waals surface area contributed by atoms with Crippen molar-refractivity contribution in [3.63, 3.8) is 0 Å². The van der Waals surface area contributed by atoms with Gasteiger partial charge in [-0.3, -0.25) is 0 Å². The quantitative estimate of drug-likeness (QED) is 0.437. The van der Waals surface area contributed by atoms with E-state index in [1.54, 1.807) is 12.2 Å². The highest BCUT2D eigenvalue weighted by molar-refractivity contribution is 6.30. The van der Waals surface area contributed by atoms with Crippen LogP contribution in [0.4, 0.5) is 0 Å². The second-order valence-corrected chi connectivity index (χ2v) is 3.66. The van der Waals surface area contributed by atoms with Crippen molar-refractivity contribution in [2.24, 2.45) is 5.41 Å². The van der Waals surface area contributed by atoms with Crippen molar-refractivity contribution in [1.82, 2.24) is 0 Å². The molecule has 0 aromatic rings. The maximum absolute atomic E-state index is 8.17. The van der Waals surface area contributed by atoms with Crippen LogP contribution in [0, 0.1) is 16.7 Å². The van der Waals surface area contributed by atoms with Crippen molar-refractivity contribution in [2.45, 2.75) is 20.8 Å². The Morgan fingerprint density at radius 1 is 1.45 bits per heavy atom. The Labute approximate surface area is 73.0 Å². The third kappa shape index (κ3) is 4.64. The number of hydrogen-bond acceptors (Lipinski definition) is 1. The van der Waals surface area contributed by atoms with Gasteiger partial charge in [-0.1, -0.05) is 38.4 Å². The fraction of sp³-hybridized carbons (Fsp3) is 0.444. The molecule has 0 atom stereocenters. The van der Waals surface area contributed by atoms with Gasteiger partial charge in [0.05, 0.1) is 6.07 Å². The number of nitriles is 1. The zero-order chi connectivity index (χ0) is 8.91. The lowest BCUT2D eigenvalue weighted by atomic mass is 9.96. The van der Waals surface area contributed by atoms with Gasteiger partial charge in [-0.15, -0.1) is 0 Å². The predicted molar refractivity (Wildman–Crippen MR) is 48.1 cm³/mol. The summed E-state index contributed by atoms with van der Waals surface area (Å²) in [4.78, 5) is 0. The largest absolute Gasteiger partial charge is 0.193 e. The molecule has 0 radical (unpaired) electrons. The monoisotopic (exact) mass is 169 g/mol. The van der Waals surface area contributed by atoms with Gasteiger partial charge in [-0.25, -0.2) is 0 Å². The van der Waals surface area contributed by atoms with E-state index in [0.717, 1.165) is 5.03 Å². The summed E-state index contributed by atoms with van der Waals surface area (Å²) in [7, 11) is 0. The van der Waals surface area contributed by atoms with Crippen LogP contribution in [0.25, 0.3) is 0 Å². The van der Waals surface area contributed by atoms with E-state index in [2.05, 4.69) is 0 Å². The molecule has 0 heterocycles. The zero-order valence-electron chi connectivity index (χ0n) is 7.06. The molecular weight excluding hydrogens is 158 g/mol. The van der Waals surface area contributed by atoms with Crippen molar-refractivity contribution in [3.8, 4) is 6.07 Å². The summed E-state index contributed by atoms with van der Waals surface area (Å²) < 4.78 is 0. The standard InChI is InChI=1S/C9H12ClN/c1-9(2,3)8(10)6-4-5-7-11/h4-6H,1-3H3/b5-4+,8-6-. The van der Waals surface area contributed by atoms with E-state index in [9.17, 15) is 0 Å². The smallest absolute Gasteiger partial charge is 0.0912 e. The maximum atomic E-state index is 8.17. The van der Waals surface area contributed by atoms with E-state index in [0.29, 0.717) is 0 Å². The molecule has 0 aliphatic rings. The lowest BCUT2D eigenvalue weighted by Gasteiger charge is -2.16. The van der Waals surface area contributed by atoms with Gasteiger partial charge >= 0.3 is 0 Å². The zero-order valence-corrected chi connectivity index (χ0v) is 7.81. The van der Waals surface area contributed by atoms with Crippen molar-refractivity contribution >= 4 is 11.6 Å².